The quantitative estimate of drug-likeness (QED) is 0.802. The summed E-state index contributed by atoms with van der Waals surface area (Å²) >= 11 is 0. The second-order valence-corrected chi connectivity index (χ2v) is 4.87. The highest BCUT2D eigenvalue weighted by Crippen LogP contribution is 2.22. The second-order valence-electron chi connectivity index (χ2n) is 4.87. The van der Waals surface area contributed by atoms with Gasteiger partial charge in [0.25, 0.3) is 0 Å². The van der Waals surface area contributed by atoms with Crippen molar-refractivity contribution in [3.63, 3.8) is 0 Å². The Morgan fingerprint density at radius 3 is 2.24 bits per heavy atom. The zero-order valence-corrected chi connectivity index (χ0v) is 11.5. The predicted molar refractivity (Wildman–Crippen MR) is 80.0 cm³/mol. The number of amides is 1. The molecule has 5 nitrogen and oxygen atoms in total. The minimum Gasteiger partial charge on any atom is -0.478 e. The summed E-state index contributed by atoms with van der Waals surface area (Å²) in [6, 6.07) is 15.1. The molecule has 0 aliphatic rings. The largest absolute Gasteiger partial charge is 0.478 e. The summed E-state index contributed by atoms with van der Waals surface area (Å²) in [5.74, 6) is -1.58. The third-order valence-corrected chi connectivity index (χ3v) is 3.25. The SMILES string of the molecule is CC(N)(C(=O)Nc1ccccc1C(=O)O)c1ccccc1. The van der Waals surface area contributed by atoms with E-state index in [9.17, 15) is 9.59 Å². The van der Waals surface area contributed by atoms with Crippen molar-refractivity contribution in [1.82, 2.24) is 0 Å². The summed E-state index contributed by atoms with van der Waals surface area (Å²) < 4.78 is 0. The molecule has 1 atom stereocenters. The first-order chi connectivity index (χ1) is 9.93. The van der Waals surface area contributed by atoms with Crippen LogP contribution in [-0.4, -0.2) is 17.0 Å². The Hall–Kier alpha value is -2.66. The number of hydrogen-bond acceptors (Lipinski definition) is 3. The van der Waals surface area contributed by atoms with Gasteiger partial charge in [0.15, 0.2) is 0 Å². The van der Waals surface area contributed by atoms with Gasteiger partial charge in [-0.15, -0.1) is 0 Å². The molecule has 0 aliphatic heterocycles. The molecule has 0 spiro atoms. The zero-order valence-electron chi connectivity index (χ0n) is 11.5. The third-order valence-electron chi connectivity index (χ3n) is 3.25. The average Bonchev–Trinajstić information content (AvgIpc) is 2.48. The van der Waals surface area contributed by atoms with Gasteiger partial charge in [0.1, 0.15) is 5.54 Å². The Balaban J connectivity index is 2.28. The number of nitrogens with two attached hydrogens (primary N) is 1. The van der Waals surface area contributed by atoms with Gasteiger partial charge in [-0.2, -0.15) is 0 Å². The number of carbonyl (C=O) groups excluding carboxylic acids is 1. The average molecular weight is 284 g/mol. The maximum atomic E-state index is 12.4. The maximum Gasteiger partial charge on any atom is 0.337 e. The monoisotopic (exact) mass is 284 g/mol. The van der Waals surface area contributed by atoms with Gasteiger partial charge in [0.05, 0.1) is 11.3 Å². The van der Waals surface area contributed by atoms with Crippen molar-refractivity contribution in [3.05, 3.63) is 65.7 Å². The van der Waals surface area contributed by atoms with Crippen LogP contribution in [0.1, 0.15) is 22.8 Å². The number of benzene rings is 2. The van der Waals surface area contributed by atoms with Gasteiger partial charge in [-0.1, -0.05) is 42.5 Å². The van der Waals surface area contributed by atoms with Crippen LogP contribution in [0, 0.1) is 0 Å². The molecule has 1 unspecified atom stereocenters. The first-order valence-corrected chi connectivity index (χ1v) is 6.41. The minimum absolute atomic E-state index is 0.0229. The number of carboxylic acids is 1. The summed E-state index contributed by atoms with van der Waals surface area (Å²) in [5.41, 5.74) is 5.74. The van der Waals surface area contributed by atoms with Crippen LogP contribution >= 0.6 is 0 Å². The van der Waals surface area contributed by atoms with Crippen LogP contribution in [0.4, 0.5) is 5.69 Å². The Morgan fingerprint density at radius 1 is 1.05 bits per heavy atom. The molecule has 4 N–H and O–H groups in total. The molecule has 0 saturated heterocycles. The van der Waals surface area contributed by atoms with Crippen LogP contribution < -0.4 is 11.1 Å². The van der Waals surface area contributed by atoms with Crippen molar-refractivity contribution in [3.8, 4) is 0 Å². The van der Waals surface area contributed by atoms with Gasteiger partial charge in [0, 0.05) is 0 Å². The molecule has 0 bridgehead atoms. The molecule has 0 aromatic heterocycles. The molecule has 0 aliphatic carbocycles. The number of carboxylic acid groups (broad SMARTS) is 1. The Bertz CT molecular complexity index is 666. The van der Waals surface area contributed by atoms with E-state index in [2.05, 4.69) is 5.32 Å². The van der Waals surface area contributed by atoms with Gasteiger partial charge in [0.2, 0.25) is 5.91 Å². The summed E-state index contributed by atoms with van der Waals surface area (Å²) in [6.45, 7) is 1.58. The standard InChI is InChI=1S/C16H16N2O3/c1-16(17,11-7-3-2-4-8-11)15(21)18-13-10-6-5-9-12(13)14(19)20/h2-10H,17H2,1H3,(H,18,21)(H,19,20). The van der Waals surface area contributed by atoms with Crippen molar-refractivity contribution in [1.29, 1.82) is 0 Å². The highest BCUT2D eigenvalue weighted by molar-refractivity contribution is 6.03. The van der Waals surface area contributed by atoms with Crippen molar-refractivity contribution >= 4 is 17.6 Å². The van der Waals surface area contributed by atoms with E-state index in [4.69, 9.17) is 10.8 Å². The lowest BCUT2D eigenvalue weighted by molar-refractivity contribution is -0.120. The van der Waals surface area contributed by atoms with Crippen LogP contribution in [-0.2, 0) is 10.3 Å². The lowest BCUT2D eigenvalue weighted by Gasteiger charge is -2.24. The molecule has 0 radical (unpaired) electrons. The molecule has 2 rings (SSSR count). The van der Waals surface area contributed by atoms with E-state index in [-0.39, 0.29) is 11.3 Å². The third kappa shape index (κ3) is 3.09. The van der Waals surface area contributed by atoms with Gasteiger partial charge in [-0.05, 0) is 24.6 Å². The summed E-state index contributed by atoms with van der Waals surface area (Å²) in [7, 11) is 0. The Morgan fingerprint density at radius 2 is 1.62 bits per heavy atom. The Labute approximate surface area is 122 Å². The number of aromatic carboxylic acids is 1. The number of anilines is 1. The van der Waals surface area contributed by atoms with Crippen LogP contribution in [0.5, 0.6) is 0 Å². The predicted octanol–water partition coefficient (Wildman–Crippen LogP) is 2.20. The van der Waals surface area contributed by atoms with Crippen molar-refractivity contribution in [2.45, 2.75) is 12.5 Å². The van der Waals surface area contributed by atoms with Gasteiger partial charge in [-0.3, -0.25) is 4.79 Å². The van der Waals surface area contributed by atoms with E-state index in [1.165, 1.54) is 12.1 Å². The molecule has 21 heavy (non-hydrogen) atoms. The molecule has 0 heterocycles. The fraction of sp³-hybridized carbons (Fsp3) is 0.125. The van der Waals surface area contributed by atoms with E-state index >= 15 is 0 Å². The van der Waals surface area contributed by atoms with E-state index in [1.807, 2.05) is 6.07 Å². The molecular weight excluding hydrogens is 268 g/mol. The summed E-state index contributed by atoms with van der Waals surface area (Å²) in [5, 5.41) is 11.7. The molecule has 1 amide bonds. The van der Waals surface area contributed by atoms with Gasteiger partial charge < -0.3 is 16.2 Å². The number of carbonyl (C=O) groups is 2. The van der Waals surface area contributed by atoms with Crippen LogP contribution in [0.15, 0.2) is 54.6 Å². The van der Waals surface area contributed by atoms with E-state index in [0.717, 1.165) is 0 Å². The van der Waals surface area contributed by atoms with Crippen molar-refractivity contribution in [2.24, 2.45) is 5.73 Å². The van der Waals surface area contributed by atoms with E-state index in [1.54, 1.807) is 43.3 Å². The molecule has 2 aromatic carbocycles. The minimum atomic E-state index is -1.26. The van der Waals surface area contributed by atoms with Crippen LogP contribution in [0.25, 0.3) is 0 Å². The molecule has 5 heteroatoms. The second kappa shape index (κ2) is 5.76. The van der Waals surface area contributed by atoms with E-state index in [0.29, 0.717) is 5.56 Å². The normalized spacial score (nSPS) is 13.2. The fourth-order valence-corrected chi connectivity index (χ4v) is 1.95. The first kappa shape index (κ1) is 14.7. The molecule has 0 fully saturated rings. The first-order valence-electron chi connectivity index (χ1n) is 6.41. The van der Waals surface area contributed by atoms with Gasteiger partial charge >= 0.3 is 5.97 Å². The number of para-hydroxylation sites is 1. The molecular formula is C16H16N2O3. The highest BCUT2D eigenvalue weighted by atomic mass is 16.4. The number of hydrogen-bond donors (Lipinski definition) is 3. The topological polar surface area (TPSA) is 92.4 Å². The number of nitrogens with one attached hydrogen (secondary N) is 1. The molecule has 108 valence electrons. The maximum absolute atomic E-state index is 12.4. The van der Waals surface area contributed by atoms with Crippen LogP contribution in [0.3, 0.4) is 0 Å². The fourth-order valence-electron chi connectivity index (χ4n) is 1.95. The zero-order chi connectivity index (χ0) is 15.5. The summed E-state index contributed by atoms with van der Waals surface area (Å²) in [4.78, 5) is 23.5. The smallest absolute Gasteiger partial charge is 0.337 e. The lowest BCUT2D eigenvalue weighted by atomic mass is 9.92. The van der Waals surface area contributed by atoms with Crippen LogP contribution in [0.2, 0.25) is 0 Å². The highest BCUT2D eigenvalue weighted by Gasteiger charge is 2.31. The molecule has 2 aromatic rings. The van der Waals surface area contributed by atoms with Crippen molar-refractivity contribution < 1.29 is 14.7 Å². The van der Waals surface area contributed by atoms with E-state index < -0.39 is 17.4 Å². The van der Waals surface area contributed by atoms with Gasteiger partial charge in [-0.25, -0.2) is 4.79 Å². The summed E-state index contributed by atoms with van der Waals surface area (Å²) in [6.07, 6.45) is 0. The van der Waals surface area contributed by atoms with Crippen molar-refractivity contribution in [2.75, 3.05) is 5.32 Å². The Kier molecular flexibility index (Phi) is 4.05. The lowest BCUT2D eigenvalue weighted by Crippen LogP contribution is -2.45. The molecule has 0 saturated carbocycles. The number of rotatable bonds is 4.